The Hall–Kier alpha value is 1.12. The van der Waals surface area contributed by atoms with Gasteiger partial charge in [0, 0.05) is 62.5 Å². The van der Waals surface area contributed by atoms with E-state index in [2.05, 4.69) is 0 Å². The molecule has 0 heterocycles. The summed E-state index contributed by atoms with van der Waals surface area (Å²) in [5, 5.41) is 0. The van der Waals surface area contributed by atoms with Crippen LogP contribution in [0.3, 0.4) is 0 Å². The maximum Gasteiger partial charge on any atom is 0.0311 e. The van der Waals surface area contributed by atoms with Crippen molar-refractivity contribution in [3.05, 3.63) is 0 Å². The van der Waals surface area contributed by atoms with Gasteiger partial charge in [0.15, 0.2) is 0 Å². The van der Waals surface area contributed by atoms with Gasteiger partial charge in [-0.1, -0.05) is 0 Å². The molecule has 0 fully saturated rings. The molecule has 0 aromatic rings. The van der Waals surface area contributed by atoms with Crippen LogP contribution in [0.2, 0.25) is 0 Å². The zero-order valence-corrected chi connectivity index (χ0v) is 9.36. The topological polar surface area (TPSA) is 161 Å². The van der Waals surface area contributed by atoms with Gasteiger partial charge in [0.05, 0.1) is 0 Å². The summed E-state index contributed by atoms with van der Waals surface area (Å²) in [4.78, 5) is 0. The fourth-order valence-corrected chi connectivity index (χ4v) is 0. The molecule has 0 bridgehead atoms. The number of hydrogen-bond donors (Lipinski definition) is 0. The van der Waals surface area contributed by atoms with Gasteiger partial charge in [-0.2, -0.15) is 0 Å². The standard InChI is InChI=1S/Ce.2H2O4S/c;2*1-5(2,3)4/h;2*(H2,1,2,3,4)/p-4. The first-order valence-corrected chi connectivity index (χ1v) is 4.00. The third-order valence-corrected chi connectivity index (χ3v) is 0. The molecule has 8 nitrogen and oxygen atoms in total. The van der Waals surface area contributed by atoms with Crippen molar-refractivity contribution in [2.45, 2.75) is 0 Å². The second-order valence-corrected chi connectivity index (χ2v) is 2.45. The first kappa shape index (κ1) is 18.0. The molecule has 0 saturated heterocycles. The van der Waals surface area contributed by atoms with E-state index in [9.17, 15) is 0 Å². The second-order valence-electron chi connectivity index (χ2n) is 0.816. The average Bonchev–Trinajstić information content (AvgIpc) is 1.12. The van der Waals surface area contributed by atoms with E-state index in [1.165, 1.54) is 0 Å². The Balaban J connectivity index is -0.000000107. The fraction of sp³-hybridized carbons (Fsp3) is 0. The van der Waals surface area contributed by atoms with Crippen LogP contribution in [0.5, 0.6) is 0 Å². The molecule has 0 radical (unpaired) electrons. The normalized spacial score (nSPS) is 10.5. The minimum atomic E-state index is -5.17. The fourth-order valence-electron chi connectivity index (χ4n) is 0. The molecule has 0 aromatic heterocycles. The summed E-state index contributed by atoms with van der Waals surface area (Å²) in [5.41, 5.74) is 0. The predicted octanol–water partition coefficient (Wildman–Crippen LogP) is -2.68. The van der Waals surface area contributed by atoms with Gasteiger partial charge in [-0.05, 0) is 0 Å². The Morgan fingerprint density at radius 1 is 0.636 bits per heavy atom. The molecule has 68 valence electrons. The smallest absolute Gasteiger partial charge is 0.0311 e. The van der Waals surface area contributed by atoms with Crippen LogP contribution in [0.25, 0.3) is 0 Å². The predicted molar refractivity (Wildman–Crippen MR) is 20.9 cm³/mol. The Kier molecular flexibility index (Phi) is 10.8. The van der Waals surface area contributed by atoms with E-state index < -0.39 is 20.8 Å². The summed E-state index contributed by atoms with van der Waals surface area (Å²) in [7, 11) is -10.3. The quantitative estimate of drug-likeness (QED) is 0.342. The third kappa shape index (κ3) is 741. The van der Waals surface area contributed by atoms with E-state index in [0.29, 0.717) is 0 Å². The maximum atomic E-state index is 8.52. The molecule has 0 saturated carbocycles. The van der Waals surface area contributed by atoms with Gasteiger partial charge < -0.3 is 18.2 Å². The van der Waals surface area contributed by atoms with Crippen LogP contribution < -0.4 is 0 Å². The van der Waals surface area contributed by atoms with E-state index in [1.807, 2.05) is 0 Å². The van der Waals surface area contributed by atoms with Crippen LogP contribution in [0, 0.1) is 41.7 Å². The molecule has 0 atom stereocenters. The van der Waals surface area contributed by atoms with Gasteiger partial charge in [0.2, 0.25) is 0 Å². The zero-order valence-electron chi connectivity index (χ0n) is 4.58. The summed E-state index contributed by atoms with van der Waals surface area (Å²) in [6, 6.07) is 0. The van der Waals surface area contributed by atoms with Crippen LogP contribution in [-0.4, -0.2) is 35.0 Å². The molecule has 11 heavy (non-hydrogen) atoms. The van der Waals surface area contributed by atoms with Crippen molar-refractivity contribution in [3.63, 3.8) is 0 Å². The van der Waals surface area contributed by atoms with Crippen molar-refractivity contribution in [3.8, 4) is 0 Å². The van der Waals surface area contributed by atoms with Crippen LogP contribution in [0.4, 0.5) is 0 Å². The van der Waals surface area contributed by atoms with Crippen molar-refractivity contribution < 1.29 is 76.8 Å². The average molecular weight is 332 g/mol. The second kappa shape index (κ2) is 6.61. The van der Waals surface area contributed by atoms with Gasteiger partial charge in [0.25, 0.3) is 0 Å². The molecule has 0 aliphatic carbocycles. The van der Waals surface area contributed by atoms with Crippen LogP contribution in [-0.2, 0) is 20.8 Å². The molecule has 0 unspecified atom stereocenters. The number of rotatable bonds is 0. The van der Waals surface area contributed by atoms with Crippen molar-refractivity contribution in [1.82, 2.24) is 0 Å². The van der Waals surface area contributed by atoms with Crippen molar-refractivity contribution >= 4 is 20.8 Å². The molecule has 0 aliphatic heterocycles. The summed E-state index contributed by atoms with van der Waals surface area (Å²) >= 11 is 0. The van der Waals surface area contributed by atoms with E-state index in [4.69, 9.17) is 35.0 Å². The SMILES string of the molecule is O=S(=O)([O-])[O-].O=S(=O)([O-])[O-].[Ce]. The minimum absolute atomic E-state index is 0. The van der Waals surface area contributed by atoms with Crippen molar-refractivity contribution in [2.24, 2.45) is 0 Å². The maximum absolute atomic E-state index is 8.52. The zero-order chi connectivity index (χ0) is 9.00. The number of hydrogen-bond acceptors (Lipinski definition) is 8. The molecule has 11 heteroatoms. The van der Waals surface area contributed by atoms with Crippen LogP contribution in [0.1, 0.15) is 0 Å². The summed E-state index contributed by atoms with van der Waals surface area (Å²) in [6.45, 7) is 0. The molecule has 0 aliphatic rings. The third-order valence-electron chi connectivity index (χ3n) is 0. The van der Waals surface area contributed by atoms with E-state index in [1.54, 1.807) is 0 Å². The van der Waals surface area contributed by atoms with Crippen molar-refractivity contribution in [1.29, 1.82) is 0 Å². The summed E-state index contributed by atoms with van der Waals surface area (Å²) < 4.78 is 68.2. The molecule has 0 N–H and O–H groups in total. The van der Waals surface area contributed by atoms with Crippen LogP contribution >= 0.6 is 0 Å². The molecule has 0 aromatic carbocycles. The molecule has 0 amide bonds. The first-order valence-electron chi connectivity index (χ1n) is 1.33. The van der Waals surface area contributed by atoms with E-state index in [0.717, 1.165) is 0 Å². The van der Waals surface area contributed by atoms with Crippen molar-refractivity contribution in [2.75, 3.05) is 0 Å². The Bertz CT molecular complexity index is 208. The van der Waals surface area contributed by atoms with Gasteiger partial charge in [-0.15, -0.1) is 0 Å². The van der Waals surface area contributed by atoms with Gasteiger partial charge >= 0.3 is 0 Å². The molecular weight excluding hydrogens is 332 g/mol. The Morgan fingerprint density at radius 2 is 0.636 bits per heavy atom. The van der Waals surface area contributed by atoms with Gasteiger partial charge in [0.1, 0.15) is 0 Å². The summed E-state index contributed by atoms with van der Waals surface area (Å²) in [6.07, 6.45) is 0. The summed E-state index contributed by atoms with van der Waals surface area (Å²) in [5.74, 6) is 0. The Labute approximate surface area is 96.5 Å². The molecular formula is CeO8S2-4. The first-order chi connectivity index (χ1) is 4.00. The minimum Gasteiger partial charge on any atom is -0.759 e. The molecule has 0 rings (SSSR count). The Morgan fingerprint density at radius 3 is 0.636 bits per heavy atom. The van der Waals surface area contributed by atoms with E-state index >= 15 is 0 Å². The van der Waals surface area contributed by atoms with Gasteiger partial charge in [-0.3, -0.25) is 16.8 Å². The molecule has 0 spiro atoms. The monoisotopic (exact) mass is 332 g/mol. The van der Waals surface area contributed by atoms with Crippen LogP contribution in [0.15, 0.2) is 0 Å². The van der Waals surface area contributed by atoms with Gasteiger partial charge in [-0.25, -0.2) is 0 Å². The largest absolute Gasteiger partial charge is 0.759 e. The van der Waals surface area contributed by atoms with E-state index in [-0.39, 0.29) is 41.7 Å².